The minimum atomic E-state index is -0.556. The molecule has 2 heterocycles. The molecule has 1 atom stereocenters. The van der Waals surface area contributed by atoms with Crippen molar-refractivity contribution in [3.63, 3.8) is 0 Å². The van der Waals surface area contributed by atoms with Crippen molar-refractivity contribution in [1.82, 2.24) is 15.6 Å². The van der Waals surface area contributed by atoms with Crippen LogP contribution >= 0.6 is 0 Å². The number of alkyl carbamates (subject to hydrolysis) is 1. The van der Waals surface area contributed by atoms with Crippen molar-refractivity contribution in [3.05, 3.63) is 23.9 Å². The number of amides is 2. The summed E-state index contributed by atoms with van der Waals surface area (Å²) in [5.41, 5.74) is -0.203. The SMILES string of the molecule is CC(C)(C)OC(=O)NCCNC(=O)c1cccnc1O[C@H]1CCOC1. The Kier molecular flexibility index (Phi) is 6.58. The first kappa shape index (κ1) is 19.0. The maximum atomic E-state index is 12.3. The summed E-state index contributed by atoms with van der Waals surface area (Å²) in [7, 11) is 0. The van der Waals surface area contributed by atoms with Crippen LogP contribution in [-0.2, 0) is 9.47 Å². The summed E-state index contributed by atoms with van der Waals surface area (Å²) in [6.07, 6.45) is 1.74. The zero-order valence-corrected chi connectivity index (χ0v) is 14.8. The third kappa shape index (κ3) is 6.58. The average Bonchev–Trinajstić information content (AvgIpc) is 3.03. The van der Waals surface area contributed by atoms with Gasteiger partial charge in [-0.1, -0.05) is 0 Å². The third-order valence-corrected chi connectivity index (χ3v) is 3.26. The van der Waals surface area contributed by atoms with Gasteiger partial charge in [0.05, 0.1) is 13.2 Å². The molecule has 0 aromatic carbocycles. The van der Waals surface area contributed by atoms with Gasteiger partial charge in [-0.25, -0.2) is 9.78 Å². The highest BCUT2D eigenvalue weighted by Gasteiger charge is 2.21. The molecule has 1 fully saturated rings. The monoisotopic (exact) mass is 351 g/mol. The lowest BCUT2D eigenvalue weighted by molar-refractivity contribution is 0.0526. The normalized spacial score (nSPS) is 17.0. The van der Waals surface area contributed by atoms with Gasteiger partial charge in [-0.3, -0.25) is 4.79 Å². The van der Waals surface area contributed by atoms with Crippen LogP contribution in [0.3, 0.4) is 0 Å². The van der Waals surface area contributed by atoms with Crippen molar-refractivity contribution >= 4 is 12.0 Å². The summed E-state index contributed by atoms with van der Waals surface area (Å²) in [6, 6.07) is 3.32. The summed E-state index contributed by atoms with van der Waals surface area (Å²) in [6.45, 7) is 7.02. The molecule has 1 aromatic heterocycles. The molecule has 0 spiro atoms. The van der Waals surface area contributed by atoms with E-state index in [2.05, 4.69) is 15.6 Å². The Morgan fingerprint density at radius 1 is 1.32 bits per heavy atom. The highest BCUT2D eigenvalue weighted by molar-refractivity contribution is 5.96. The minimum Gasteiger partial charge on any atom is -0.471 e. The minimum absolute atomic E-state index is 0.0877. The summed E-state index contributed by atoms with van der Waals surface area (Å²) in [4.78, 5) is 28.0. The van der Waals surface area contributed by atoms with Crippen molar-refractivity contribution in [3.8, 4) is 5.88 Å². The standard InChI is InChI=1S/C17H25N3O5/c1-17(2,3)25-16(22)20-9-8-18-14(21)13-5-4-7-19-15(13)24-12-6-10-23-11-12/h4-5,7,12H,6,8-11H2,1-3H3,(H,18,21)(H,20,22)/t12-/m0/s1. The van der Waals surface area contributed by atoms with Crippen LogP contribution in [0, 0.1) is 0 Å². The molecular formula is C17H25N3O5. The van der Waals surface area contributed by atoms with Crippen molar-refractivity contribution < 1.29 is 23.8 Å². The molecule has 0 bridgehead atoms. The fourth-order valence-electron chi connectivity index (χ4n) is 2.17. The highest BCUT2D eigenvalue weighted by Crippen LogP contribution is 2.19. The quantitative estimate of drug-likeness (QED) is 0.754. The first-order valence-electron chi connectivity index (χ1n) is 8.29. The molecule has 1 aliphatic heterocycles. The van der Waals surface area contributed by atoms with Gasteiger partial charge in [-0.15, -0.1) is 0 Å². The zero-order chi connectivity index (χ0) is 18.3. The molecular weight excluding hydrogens is 326 g/mol. The molecule has 2 rings (SSSR count). The fourth-order valence-corrected chi connectivity index (χ4v) is 2.17. The van der Waals surface area contributed by atoms with Gasteiger partial charge in [-0.2, -0.15) is 0 Å². The molecule has 8 heteroatoms. The van der Waals surface area contributed by atoms with Crippen LogP contribution in [0.4, 0.5) is 4.79 Å². The first-order chi connectivity index (χ1) is 11.8. The summed E-state index contributed by atoms with van der Waals surface area (Å²) in [5.74, 6) is -0.0244. The molecule has 138 valence electrons. The predicted molar refractivity (Wildman–Crippen MR) is 90.7 cm³/mol. The lowest BCUT2D eigenvalue weighted by Gasteiger charge is -2.19. The Morgan fingerprint density at radius 3 is 2.76 bits per heavy atom. The van der Waals surface area contributed by atoms with E-state index in [1.165, 1.54) is 0 Å². The van der Waals surface area contributed by atoms with Crippen LogP contribution in [0.25, 0.3) is 0 Å². The second-order valence-electron chi connectivity index (χ2n) is 6.64. The molecule has 2 amide bonds. The number of carbonyl (C=O) groups excluding carboxylic acids is 2. The van der Waals surface area contributed by atoms with Gasteiger partial charge < -0.3 is 24.8 Å². The number of nitrogens with one attached hydrogen (secondary N) is 2. The van der Waals surface area contributed by atoms with E-state index in [-0.39, 0.29) is 31.0 Å². The van der Waals surface area contributed by atoms with Crippen LogP contribution in [0.5, 0.6) is 5.88 Å². The van der Waals surface area contributed by atoms with Crippen LogP contribution in [0.15, 0.2) is 18.3 Å². The van der Waals surface area contributed by atoms with Crippen LogP contribution in [0.2, 0.25) is 0 Å². The lowest BCUT2D eigenvalue weighted by Crippen LogP contribution is -2.38. The number of hydrogen-bond donors (Lipinski definition) is 2. The molecule has 0 saturated carbocycles. The number of hydrogen-bond acceptors (Lipinski definition) is 6. The van der Waals surface area contributed by atoms with E-state index >= 15 is 0 Å². The van der Waals surface area contributed by atoms with Crippen LogP contribution < -0.4 is 15.4 Å². The highest BCUT2D eigenvalue weighted by atomic mass is 16.6. The number of carbonyl (C=O) groups is 2. The predicted octanol–water partition coefficient (Wildman–Crippen LogP) is 1.50. The average molecular weight is 351 g/mol. The Labute approximate surface area is 147 Å². The Balaban J connectivity index is 1.79. The van der Waals surface area contributed by atoms with E-state index in [9.17, 15) is 9.59 Å². The molecule has 25 heavy (non-hydrogen) atoms. The smallest absolute Gasteiger partial charge is 0.407 e. The summed E-state index contributed by atoms with van der Waals surface area (Å²) < 4.78 is 16.1. The molecule has 1 saturated heterocycles. The van der Waals surface area contributed by atoms with Crippen molar-refractivity contribution in [1.29, 1.82) is 0 Å². The van der Waals surface area contributed by atoms with Gasteiger partial charge in [0.15, 0.2) is 0 Å². The molecule has 8 nitrogen and oxygen atoms in total. The maximum absolute atomic E-state index is 12.3. The van der Waals surface area contributed by atoms with Gasteiger partial charge >= 0.3 is 6.09 Å². The molecule has 0 unspecified atom stereocenters. The number of rotatable bonds is 6. The van der Waals surface area contributed by atoms with Gasteiger partial charge in [0, 0.05) is 25.7 Å². The van der Waals surface area contributed by atoms with Crippen LogP contribution in [-0.4, -0.2) is 55.0 Å². The van der Waals surface area contributed by atoms with Gasteiger partial charge in [-0.05, 0) is 32.9 Å². The van der Waals surface area contributed by atoms with Crippen molar-refractivity contribution in [2.75, 3.05) is 26.3 Å². The number of nitrogens with zero attached hydrogens (tertiary/aromatic N) is 1. The van der Waals surface area contributed by atoms with Gasteiger partial charge in [0.25, 0.3) is 5.91 Å². The van der Waals surface area contributed by atoms with E-state index < -0.39 is 11.7 Å². The second kappa shape index (κ2) is 8.66. The Morgan fingerprint density at radius 2 is 2.08 bits per heavy atom. The summed E-state index contributed by atoms with van der Waals surface area (Å²) >= 11 is 0. The zero-order valence-electron chi connectivity index (χ0n) is 14.8. The maximum Gasteiger partial charge on any atom is 0.407 e. The van der Waals surface area contributed by atoms with E-state index in [0.29, 0.717) is 18.8 Å². The molecule has 0 radical (unpaired) electrons. The molecule has 1 aliphatic rings. The number of pyridine rings is 1. The third-order valence-electron chi connectivity index (χ3n) is 3.26. The van der Waals surface area contributed by atoms with E-state index in [4.69, 9.17) is 14.2 Å². The largest absolute Gasteiger partial charge is 0.471 e. The first-order valence-corrected chi connectivity index (χ1v) is 8.29. The van der Waals surface area contributed by atoms with E-state index in [1.54, 1.807) is 39.1 Å². The Hall–Kier alpha value is -2.35. The number of aromatic nitrogens is 1. The van der Waals surface area contributed by atoms with Crippen molar-refractivity contribution in [2.45, 2.75) is 38.9 Å². The second-order valence-corrected chi connectivity index (χ2v) is 6.64. The van der Waals surface area contributed by atoms with Crippen LogP contribution in [0.1, 0.15) is 37.6 Å². The van der Waals surface area contributed by atoms with E-state index in [0.717, 1.165) is 6.42 Å². The summed E-state index contributed by atoms with van der Waals surface area (Å²) in [5, 5.41) is 5.30. The lowest BCUT2D eigenvalue weighted by atomic mass is 10.2. The Bertz CT molecular complexity index is 594. The molecule has 0 aliphatic carbocycles. The van der Waals surface area contributed by atoms with E-state index in [1.807, 2.05) is 0 Å². The molecule has 2 N–H and O–H groups in total. The number of ether oxygens (including phenoxy) is 3. The van der Waals surface area contributed by atoms with Crippen molar-refractivity contribution in [2.24, 2.45) is 0 Å². The van der Waals surface area contributed by atoms with Gasteiger partial charge in [0.1, 0.15) is 17.3 Å². The van der Waals surface area contributed by atoms with Gasteiger partial charge in [0.2, 0.25) is 5.88 Å². The fraction of sp³-hybridized carbons (Fsp3) is 0.588. The molecule has 1 aromatic rings. The topological polar surface area (TPSA) is 98.8 Å².